The van der Waals surface area contributed by atoms with Gasteiger partial charge in [0.25, 0.3) is 5.91 Å². The lowest BCUT2D eigenvalue weighted by atomic mass is 9.94. The molecule has 2 heterocycles. The minimum atomic E-state index is -0.680. The van der Waals surface area contributed by atoms with Crippen LogP contribution in [-0.2, 0) is 0 Å². The molecule has 2 N–H and O–H groups in total. The van der Waals surface area contributed by atoms with Gasteiger partial charge in [-0.2, -0.15) is 0 Å². The first-order valence-electron chi connectivity index (χ1n) is 5.69. The van der Waals surface area contributed by atoms with Crippen LogP contribution in [0.4, 0.5) is 0 Å². The molecule has 1 aromatic rings. The molecule has 0 spiro atoms. The third kappa shape index (κ3) is 2.74. The molecule has 1 fully saturated rings. The Morgan fingerprint density at radius 1 is 1.41 bits per heavy atom. The molecule has 1 amide bonds. The van der Waals surface area contributed by atoms with Crippen LogP contribution in [0.5, 0.6) is 0 Å². The summed E-state index contributed by atoms with van der Waals surface area (Å²) in [6.07, 6.45) is 1.13. The highest BCUT2D eigenvalue weighted by Crippen LogP contribution is 2.21. The Balaban J connectivity index is 2.09. The molecule has 1 aliphatic rings. The second kappa shape index (κ2) is 4.33. The standard InChI is InChI=1S/C12H16N2O3/c1-12(17)5-7-14(8-6-12)11(16)9-3-2-4-10(15)13-9/h2-4,17H,5-8H2,1H3,(H,13,15). The average Bonchev–Trinajstić information content (AvgIpc) is 2.28. The molecule has 1 aliphatic heterocycles. The topological polar surface area (TPSA) is 73.4 Å². The maximum absolute atomic E-state index is 12.0. The first kappa shape index (κ1) is 11.9. The van der Waals surface area contributed by atoms with E-state index in [-0.39, 0.29) is 11.5 Å². The minimum Gasteiger partial charge on any atom is -0.390 e. The van der Waals surface area contributed by atoms with E-state index in [1.807, 2.05) is 0 Å². The van der Waals surface area contributed by atoms with Crippen molar-refractivity contribution in [2.24, 2.45) is 0 Å². The van der Waals surface area contributed by atoms with Crippen LogP contribution in [0.15, 0.2) is 23.0 Å². The third-order valence-corrected chi connectivity index (χ3v) is 3.13. The van der Waals surface area contributed by atoms with E-state index in [0.717, 1.165) is 0 Å². The predicted octanol–water partition coefficient (Wildman–Crippen LogP) is 0.362. The van der Waals surface area contributed by atoms with E-state index in [1.54, 1.807) is 24.0 Å². The molecule has 2 rings (SSSR count). The number of hydrogen-bond donors (Lipinski definition) is 2. The molecule has 5 nitrogen and oxygen atoms in total. The monoisotopic (exact) mass is 236 g/mol. The molecule has 0 bridgehead atoms. The molecule has 0 aromatic carbocycles. The number of nitrogens with one attached hydrogen (secondary N) is 1. The van der Waals surface area contributed by atoms with Gasteiger partial charge in [0.05, 0.1) is 5.60 Å². The highest BCUT2D eigenvalue weighted by molar-refractivity contribution is 5.92. The average molecular weight is 236 g/mol. The van der Waals surface area contributed by atoms with Gasteiger partial charge in [0, 0.05) is 19.2 Å². The van der Waals surface area contributed by atoms with E-state index in [9.17, 15) is 14.7 Å². The van der Waals surface area contributed by atoms with Crippen LogP contribution in [-0.4, -0.2) is 39.6 Å². The second-order valence-corrected chi connectivity index (χ2v) is 4.72. The van der Waals surface area contributed by atoms with Crippen LogP contribution in [0.2, 0.25) is 0 Å². The molecule has 0 saturated carbocycles. The normalized spacial score (nSPS) is 19.1. The van der Waals surface area contributed by atoms with Crippen molar-refractivity contribution in [3.05, 3.63) is 34.2 Å². The Bertz CT molecular complexity index is 469. The first-order chi connectivity index (χ1) is 7.98. The number of pyridine rings is 1. The molecule has 0 aliphatic carbocycles. The lowest BCUT2D eigenvalue weighted by Crippen LogP contribution is -2.45. The molecular weight excluding hydrogens is 220 g/mol. The van der Waals surface area contributed by atoms with E-state index < -0.39 is 5.60 Å². The number of carbonyl (C=O) groups excluding carboxylic acids is 1. The Labute approximate surface area is 99.1 Å². The summed E-state index contributed by atoms with van der Waals surface area (Å²) in [7, 11) is 0. The van der Waals surface area contributed by atoms with Crippen molar-refractivity contribution < 1.29 is 9.90 Å². The minimum absolute atomic E-state index is 0.182. The van der Waals surface area contributed by atoms with Crippen molar-refractivity contribution in [1.29, 1.82) is 0 Å². The lowest BCUT2D eigenvalue weighted by Gasteiger charge is -2.35. The highest BCUT2D eigenvalue weighted by atomic mass is 16.3. The van der Waals surface area contributed by atoms with Gasteiger partial charge in [0.15, 0.2) is 0 Å². The van der Waals surface area contributed by atoms with Gasteiger partial charge in [-0.15, -0.1) is 0 Å². The molecule has 0 radical (unpaired) electrons. The fourth-order valence-electron chi connectivity index (χ4n) is 1.93. The summed E-state index contributed by atoms with van der Waals surface area (Å²) in [5.74, 6) is -0.182. The Morgan fingerprint density at radius 3 is 2.65 bits per heavy atom. The number of likely N-dealkylation sites (tertiary alicyclic amines) is 1. The van der Waals surface area contributed by atoms with Crippen LogP contribution in [0.25, 0.3) is 0 Å². The quantitative estimate of drug-likeness (QED) is 0.739. The number of H-pyrrole nitrogens is 1. The van der Waals surface area contributed by atoms with Crippen molar-refractivity contribution in [3.8, 4) is 0 Å². The zero-order valence-corrected chi connectivity index (χ0v) is 9.77. The molecule has 17 heavy (non-hydrogen) atoms. The van der Waals surface area contributed by atoms with Gasteiger partial charge in [-0.3, -0.25) is 9.59 Å². The molecule has 5 heteroatoms. The Kier molecular flexibility index (Phi) is 3.02. The summed E-state index contributed by atoms with van der Waals surface area (Å²) < 4.78 is 0. The fraction of sp³-hybridized carbons (Fsp3) is 0.500. The first-order valence-corrected chi connectivity index (χ1v) is 5.69. The summed E-state index contributed by atoms with van der Waals surface area (Å²) >= 11 is 0. The fourth-order valence-corrected chi connectivity index (χ4v) is 1.93. The van der Waals surface area contributed by atoms with E-state index in [0.29, 0.717) is 31.6 Å². The number of aromatic amines is 1. The van der Waals surface area contributed by atoms with E-state index in [4.69, 9.17) is 0 Å². The van der Waals surface area contributed by atoms with Crippen LogP contribution >= 0.6 is 0 Å². The van der Waals surface area contributed by atoms with Crippen LogP contribution in [0.1, 0.15) is 30.3 Å². The SMILES string of the molecule is CC1(O)CCN(C(=O)c2cccc(=O)[nH]2)CC1. The smallest absolute Gasteiger partial charge is 0.270 e. The second-order valence-electron chi connectivity index (χ2n) is 4.72. The van der Waals surface area contributed by atoms with Crippen molar-refractivity contribution >= 4 is 5.91 Å². The Hall–Kier alpha value is -1.62. The predicted molar refractivity (Wildman–Crippen MR) is 62.8 cm³/mol. The van der Waals surface area contributed by atoms with Crippen molar-refractivity contribution in [2.45, 2.75) is 25.4 Å². The molecule has 92 valence electrons. The number of aliphatic hydroxyl groups is 1. The summed E-state index contributed by atoms with van der Waals surface area (Å²) in [5.41, 5.74) is -0.653. The third-order valence-electron chi connectivity index (χ3n) is 3.13. The number of piperidine rings is 1. The number of hydrogen-bond acceptors (Lipinski definition) is 3. The van der Waals surface area contributed by atoms with Gasteiger partial charge >= 0.3 is 0 Å². The summed E-state index contributed by atoms with van der Waals surface area (Å²) in [5, 5.41) is 9.79. The molecule has 1 saturated heterocycles. The van der Waals surface area contributed by atoms with Crippen LogP contribution < -0.4 is 5.56 Å². The van der Waals surface area contributed by atoms with E-state index in [2.05, 4.69) is 4.98 Å². The van der Waals surface area contributed by atoms with Gasteiger partial charge in [0.2, 0.25) is 5.56 Å². The Morgan fingerprint density at radius 2 is 2.06 bits per heavy atom. The van der Waals surface area contributed by atoms with Gasteiger partial charge in [0.1, 0.15) is 5.69 Å². The largest absolute Gasteiger partial charge is 0.390 e. The number of nitrogens with zero attached hydrogens (tertiary/aromatic N) is 1. The van der Waals surface area contributed by atoms with Crippen molar-refractivity contribution in [2.75, 3.05) is 13.1 Å². The number of rotatable bonds is 1. The maximum atomic E-state index is 12.0. The molecule has 0 unspecified atom stereocenters. The lowest BCUT2D eigenvalue weighted by molar-refractivity contribution is -0.00220. The van der Waals surface area contributed by atoms with Crippen LogP contribution in [0.3, 0.4) is 0 Å². The van der Waals surface area contributed by atoms with E-state index >= 15 is 0 Å². The zero-order valence-electron chi connectivity index (χ0n) is 9.77. The van der Waals surface area contributed by atoms with Crippen molar-refractivity contribution in [3.63, 3.8) is 0 Å². The number of amides is 1. The zero-order chi connectivity index (χ0) is 12.5. The molecular formula is C12H16N2O3. The van der Waals surface area contributed by atoms with Gasteiger partial charge < -0.3 is 15.0 Å². The van der Waals surface area contributed by atoms with Gasteiger partial charge in [-0.1, -0.05) is 6.07 Å². The summed E-state index contributed by atoms with van der Waals surface area (Å²) in [4.78, 5) is 27.3. The summed E-state index contributed by atoms with van der Waals surface area (Å²) in [6.45, 7) is 2.81. The van der Waals surface area contributed by atoms with E-state index in [1.165, 1.54) is 6.07 Å². The molecule has 1 aromatic heterocycles. The molecule has 0 atom stereocenters. The number of aromatic nitrogens is 1. The summed E-state index contributed by atoms with van der Waals surface area (Å²) in [6, 6.07) is 4.53. The van der Waals surface area contributed by atoms with Gasteiger partial charge in [-0.05, 0) is 25.8 Å². The van der Waals surface area contributed by atoms with Crippen LogP contribution in [0, 0.1) is 0 Å². The number of carbonyl (C=O) groups is 1. The van der Waals surface area contributed by atoms with Gasteiger partial charge in [-0.25, -0.2) is 0 Å². The maximum Gasteiger partial charge on any atom is 0.270 e. The van der Waals surface area contributed by atoms with Crippen molar-refractivity contribution in [1.82, 2.24) is 9.88 Å². The highest BCUT2D eigenvalue weighted by Gasteiger charge is 2.30.